The Balaban J connectivity index is 0.981. The topological polar surface area (TPSA) is 25.8 Å². The molecule has 0 unspecified atom stereocenters. The number of hydrogen-bond acceptors (Lipinski definition) is 2. The molecule has 10 rings (SSSR count). The van der Waals surface area contributed by atoms with Gasteiger partial charge in [-0.2, -0.15) is 0 Å². The van der Waals surface area contributed by atoms with Crippen LogP contribution in [-0.2, 0) is 0 Å². The van der Waals surface area contributed by atoms with Gasteiger partial charge in [-0.25, -0.2) is 9.97 Å². The molecule has 0 bridgehead atoms. The van der Waals surface area contributed by atoms with Gasteiger partial charge in [-0.1, -0.05) is 182 Å². The van der Waals surface area contributed by atoms with Gasteiger partial charge in [-0.05, 0) is 78.5 Å². The summed E-state index contributed by atoms with van der Waals surface area (Å²) in [6.45, 7) is 0. The van der Waals surface area contributed by atoms with Crippen LogP contribution < -0.4 is 0 Å². The van der Waals surface area contributed by atoms with Crippen molar-refractivity contribution in [2.24, 2.45) is 0 Å². The Morgan fingerprint density at radius 3 is 1.37 bits per heavy atom. The predicted octanol–water partition coefficient (Wildman–Crippen LogP) is 13.3. The minimum absolute atomic E-state index is 0.709. The Kier molecular flexibility index (Phi) is 7.18. The van der Waals surface area contributed by atoms with Gasteiger partial charge in [-0.3, -0.25) is 0 Å². The summed E-state index contributed by atoms with van der Waals surface area (Å²) in [7, 11) is 0. The molecule has 1 heterocycles. The second-order valence-corrected chi connectivity index (χ2v) is 13.4. The molecule has 0 saturated heterocycles. The van der Waals surface area contributed by atoms with Gasteiger partial charge in [0.05, 0.1) is 11.4 Å². The fourth-order valence-corrected chi connectivity index (χ4v) is 7.69. The maximum Gasteiger partial charge on any atom is 0.160 e. The quantitative estimate of drug-likeness (QED) is 0.177. The van der Waals surface area contributed by atoms with E-state index in [1.807, 2.05) is 12.1 Å². The highest BCUT2D eigenvalue weighted by Gasteiger charge is 2.22. The molecule has 8 aromatic carbocycles. The Bertz CT molecular complexity index is 2720. The zero-order valence-electron chi connectivity index (χ0n) is 28.4. The molecule has 1 aliphatic rings. The summed E-state index contributed by atoms with van der Waals surface area (Å²) in [6.07, 6.45) is 0. The highest BCUT2D eigenvalue weighted by Crippen LogP contribution is 2.49. The van der Waals surface area contributed by atoms with Crippen LogP contribution in [0.4, 0.5) is 0 Å². The SMILES string of the molecule is c1ccc(-c2cccc(-c3nc(-c4ccccc4)cc(-c4ccc(-c5ccc(-c6ccc7c8c(cccc68)-c6ccccc6-7)cc5)cc4)n3)c2)cc1. The number of rotatable bonds is 6. The fourth-order valence-electron chi connectivity index (χ4n) is 7.69. The molecule has 0 N–H and O–H groups in total. The maximum absolute atomic E-state index is 5.13. The zero-order chi connectivity index (χ0) is 34.4. The third-order valence-corrected chi connectivity index (χ3v) is 10.3. The number of benzene rings is 8. The van der Waals surface area contributed by atoms with Crippen molar-refractivity contribution >= 4 is 10.8 Å². The van der Waals surface area contributed by atoms with Gasteiger partial charge in [0.15, 0.2) is 5.82 Å². The summed E-state index contributed by atoms with van der Waals surface area (Å²) in [5.41, 5.74) is 17.3. The largest absolute Gasteiger partial charge is 0.228 e. The van der Waals surface area contributed by atoms with Crippen LogP contribution in [0.5, 0.6) is 0 Å². The minimum atomic E-state index is 0.709. The standard InChI is InChI=1S/C50H32N2/c1-3-11-33(12-4-1)39-15-9-16-40(31-39)50-51-47(37-13-5-2-6-14-37)32-48(52-50)38-27-23-35(24-28-38)34-21-25-36(26-22-34)41-29-30-46-43-18-8-7-17-42(43)45-20-10-19-44(41)49(45)46/h1-32H. The first-order valence-electron chi connectivity index (χ1n) is 17.7. The molecule has 0 saturated carbocycles. The molecule has 9 aromatic rings. The predicted molar refractivity (Wildman–Crippen MR) is 217 cm³/mol. The molecule has 0 amide bonds. The van der Waals surface area contributed by atoms with Crippen LogP contribution in [0.25, 0.3) is 100 Å². The molecule has 0 aliphatic heterocycles. The number of hydrogen-bond donors (Lipinski definition) is 0. The number of nitrogens with zero attached hydrogens (tertiary/aromatic N) is 2. The van der Waals surface area contributed by atoms with Gasteiger partial charge in [-0.15, -0.1) is 0 Å². The number of fused-ring (bicyclic) bond motifs is 3. The Labute approximate surface area is 303 Å². The summed E-state index contributed by atoms with van der Waals surface area (Å²) >= 11 is 0. The lowest BCUT2D eigenvalue weighted by atomic mass is 9.93. The molecule has 0 radical (unpaired) electrons. The van der Waals surface area contributed by atoms with E-state index in [1.54, 1.807) is 0 Å². The average Bonchev–Trinajstić information content (AvgIpc) is 3.56. The number of aromatic nitrogens is 2. The van der Waals surface area contributed by atoms with Gasteiger partial charge in [0.25, 0.3) is 0 Å². The lowest BCUT2D eigenvalue weighted by Gasteiger charge is -2.12. The summed E-state index contributed by atoms with van der Waals surface area (Å²) in [6, 6.07) is 69.1. The van der Waals surface area contributed by atoms with E-state index >= 15 is 0 Å². The highest BCUT2D eigenvalue weighted by atomic mass is 14.9. The smallest absolute Gasteiger partial charge is 0.160 e. The van der Waals surface area contributed by atoms with Crippen LogP contribution in [0.1, 0.15) is 0 Å². The minimum Gasteiger partial charge on any atom is -0.228 e. The molecule has 1 aliphatic carbocycles. The summed E-state index contributed by atoms with van der Waals surface area (Å²) in [4.78, 5) is 10.2. The van der Waals surface area contributed by atoms with Crippen molar-refractivity contribution in [3.63, 3.8) is 0 Å². The van der Waals surface area contributed by atoms with Crippen molar-refractivity contribution < 1.29 is 0 Å². The Morgan fingerprint density at radius 1 is 0.250 bits per heavy atom. The van der Waals surface area contributed by atoms with Crippen molar-refractivity contribution in [2.45, 2.75) is 0 Å². The molecule has 2 heteroatoms. The molecular formula is C50H32N2. The fraction of sp³-hybridized carbons (Fsp3) is 0. The second kappa shape index (κ2) is 12.5. The van der Waals surface area contributed by atoms with Gasteiger partial charge in [0, 0.05) is 16.7 Å². The van der Waals surface area contributed by atoms with Crippen LogP contribution in [-0.4, -0.2) is 9.97 Å². The molecule has 242 valence electrons. The van der Waals surface area contributed by atoms with Gasteiger partial charge in [0.2, 0.25) is 0 Å². The van der Waals surface area contributed by atoms with E-state index in [4.69, 9.17) is 9.97 Å². The summed E-state index contributed by atoms with van der Waals surface area (Å²) in [5.74, 6) is 0.709. The van der Waals surface area contributed by atoms with Crippen molar-refractivity contribution in [1.29, 1.82) is 0 Å². The Hall–Kier alpha value is -6.90. The van der Waals surface area contributed by atoms with Crippen LogP contribution in [0.3, 0.4) is 0 Å². The molecular weight excluding hydrogens is 629 g/mol. The lowest BCUT2D eigenvalue weighted by molar-refractivity contribution is 1.18. The van der Waals surface area contributed by atoms with E-state index in [0.29, 0.717) is 5.82 Å². The maximum atomic E-state index is 5.13. The summed E-state index contributed by atoms with van der Waals surface area (Å²) in [5, 5.41) is 2.65. The molecule has 0 atom stereocenters. The molecule has 0 fully saturated rings. The van der Waals surface area contributed by atoms with Crippen LogP contribution in [0, 0.1) is 0 Å². The first-order chi connectivity index (χ1) is 25.8. The van der Waals surface area contributed by atoms with E-state index in [0.717, 1.165) is 33.6 Å². The zero-order valence-corrected chi connectivity index (χ0v) is 28.4. The Morgan fingerprint density at radius 2 is 0.692 bits per heavy atom. The van der Waals surface area contributed by atoms with Crippen molar-refractivity contribution in [3.05, 3.63) is 194 Å². The normalized spacial score (nSPS) is 11.5. The van der Waals surface area contributed by atoms with Crippen LogP contribution in [0.15, 0.2) is 194 Å². The van der Waals surface area contributed by atoms with Crippen molar-refractivity contribution in [2.75, 3.05) is 0 Å². The van der Waals surface area contributed by atoms with Gasteiger partial charge >= 0.3 is 0 Å². The van der Waals surface area contributed by atoms with Crippen LogP contribution in [0.2, 0.25) is 0 Å². The third kappa shape index (κ3) is 5.21. The highest BCUT2D eigenvalue weighted by molar-refractivity contribution is 6.18. The average molecular weight is 661 g/mol. The van der Waals surface area contributed by atoms with Crippen molar-refractivity contribution in [1.82, 2.24) is 9.97 Å². The second-order valence-electron chi connectivity index (χ2n) is 13.4. The molecule has 52 heavy (non-hydrogen) atoms. The lowest BCUT2D eigenvalue weighted by Crippen LogP contribution is -1.96. The first kappa shape index (κ1) is 30.0. The summed E-state index contributed by atoms with van der Waals surface area (Å²) < 4.78 is 0. The van der Waals surface area contributed by atoms with Gasteiger partial charge in [0.1, 0.15) is 0 Å². The van der Waals surface area contributed by atoms with Gasteiger partial charge < -0.3 is 0 Å². The molecule has 1 aromatic heterocycles. The monoisotopic (exact) mass is 660 g/mol. The van der Waals surface area contributed by atoms with Crippen LogP contribution >= 0.6 is 0 Å². The van der Waals surface area contributed by atoms with E-state index < -0.39 is 0 Å². The first-order valence-corrected chi connectivity index (χ1v) is 17.7. The van der Waals surface area contributed by atoms with E-state index in [9.17, 15) is 0 Å². The third-order valence-electron chi connectivity index (χ3n) is 10.3. The van der Waals surface area contributed by atoms with E-state index in [2.05, 4.69) is 182 Å². The molecule has 0 spiro atoms. The van der Waals surface area contributed by atoms with E-state index in [-0.39, 0.29) is 0 Å². The molecule has 2 nitrogen and oxygen atoms in total. The van der Waals surface area contributed by atoms with E-state index in [1.165, 1.54) is 60.8 Å². The van der Waals surface area contributed by atoms with Crippen molar-refractivity contribution in [3.8, 4) is 89.5 Å².